The first kappa shape index (κ1) is 10.1. The van der Waals surface area contributed by atoms with Crippen LogP contribution in [0.5, 0.6) is 0 Å². The van der Waals surface area contributed by atoms with Gasteiger partial charge in [-0.3, -0.25) is 4.52 Å². The first-order valence-corrected chi connectivity index (χ1v) is 4.31. The lowest BCUT2D eigenvalue weighted by molar-refractivity contribution is -0.113. The van der Waals surface area contributed by atoms with E-state index in [0.29, 0.717) is 0 Å². The molecule has 0 aromatic heterocycles. The smallest absolute Gasteiger partial charge is 0.303 e. The Kier molecular flexibility index (Phi) is 4.08. The Labute approximate surface area is 62.2 Å². The summed E-state index contributed by atoms with van der Waals surface area (Å²) in [6.45, 7) is 0. The maximum atomic E-state index is 10.0. The van der Waals surface area contributed by atoms with Crippen LogP contribution in [0.2, 0.25) is 0 Å². The molecule has 0 rings (SSSR count). The lowest BCUT2D eigenvalue weighted by Crippen LogP contribution is -2.14. The van der Waals surface area contributed by atoms with E-state index in [1.54, 1.807) is 0 Å². The summed E-state index contributed by atoms with van der Waals surface area (Å²) in [4.78, 5) is 26.1. The number of halogens is 1. The molecule has 0 aliphatic heterocycles. The second-order valence-corrected chi connectivity index (χ2v) is 2.93. The van der Waals surface area contributed by atoms with Gasteiger partial charge in [-0.05, 0) is 0 Å². The molecule has 7 heteroatoms. The summed E-state index contributed by atoms with van der Waals surface area (Å²) in [6.07, 6.45) is -1.01. The molecule has 0 aliphatic rings. The Hall–Kier alpha value is 0.0700. The molecule has 0 aromatic rings. The van der Waals surface area contributed by atoms with Gasteiger partial charge >= 0.3 is 7.82 Å². The lowest BCUT2D eigenvalue weighted by atomic mass is 10.5. The third kappa shape index (κ3) is 4.90. The van der Waals surface area contributed by atoms with Crippen molar-refractivity contribution in [1.82, 2.24) is 0 Å². The Morgan fingerprint density at radius 1 is 1.70 bits per heavy atom. The summed E-state index contributed by atoms with van der Waals surface area (Å²) >= 11 is 5.07. The Morgan fingerprint density at radius 2 is 2.20 bits per heavy atom. The van der Waals surface area contributed by atoms with E-state index in [1.165, 1.54) is 0 Å². The molecule has 1 atom stereocenters. The molecule has 1 unspecified atom stereocenters. The summed E-state index contributed by atoms with van der Waals surface area (Å²) in [6, 6.07) is 0. The maximum Gasteiger partial charge on any atom is 0.470 e. The van der Waals surface area contributed by atoms with Crippen LogP contribution < -0.4 is 0 Å². The highest BCUT2D eigenvalue weighted by Crippen LogP contribution is 2.37. The van der Waals surface area contributed by atoms with Gasteiger partial charge in [0.2, 0.25) is 0 Å². The van der Waals surface area contributed by atoms with Crippen molar-refractivity contribution in [2.45, 2.75) is 6.10 Å². The highest BCUT2D eigenvalue weighted by atomic mass is 35.5. The summed E-state index contributed by atoms with van der Waals surface area (Å²) in [5.74, 6) is -0.269. The summed E-state index contributed by atoms with van der Waals surface area (Å²) in [7, 11) is -4.57. The first-order valence-electron chi connectivity index (χ1n) is 2.25. The zero-order valence-corrected chi connectivity index (χ0v) is 6.46. The fraction of sp³-hybridized carbons (Fsp3) is 0.667. The van der Waals surface area contributed by atoms with Crippen LogP contribution in [0.15, 0.2) is 0 Å². The van der Waals surface area contributed by atoms with E-state index < -0.39 is 13.9 Å². The van der Waals surface area contributed by atoms with Crippen molar-refractivity contribution in [3.8, 4) is 0 Å². The number of phosphoric ester groups is 1. The molecule has 0 fully saturated rings. The van der Waals surface area contributed by atoms with Crippen molar-refractivity contribution in [3.63, 3.8) is 0 Å². The number of carbonyl (C=O) groups excluding carboxylic acids is 1. The van der Waals surface area contributed by atoms with Gasteiger partial charge in [-0.25, -0.2) is 4.57 Å². The van der Waals surface area contributed by atoms with Crippen LogP contribution in [0, 0.1) is 0 Å². The summed E-state index contributed by atoms with van der Waals surface area (Å²) in [5, 5.41) is 0. The number of aldehydes is 1. The lowest BCUT2D eigenvalue weighted by Gasteiger charge is -2.07. The van der Waals surface area contributed by atoms with E-state index in [2.05, 4.69) is 4.52 Å². The monoisotopic (exact) mass is 188 g/mol. The molecule has 0 radical (unpaired) electrons. The van der Waals surface area contributed by atoms with Gasteiger partial charge in [0.1, 0.15) is 6.10 Å². The van der Waals surface area contributed by atoms with E-state index in [0.717, 1.165) is 0 Å². The molecular formula is C3H6ClO5P. The third-order valence-corrected chi connectivity index (χ3v) is 1.43. The largest absolute Gasteiger partial charge is 0.470 e. The van der Waals surface area contributed by atoms with Gasteiger partial charge in [-0.1, -0.05) is 0 Å². The zero-order chi connectivity index (χ0) is 8.20. The van der Waals surface area contributed by atoms with Crippen LogP contribution >= 0.6 is 19.4 Å². The molecular weight excluding hydrogens is 182 g/mol. The van der Waals surface area contributed by atoms with Crippen molar-refractivity contribution in [2.24, 2.45) is 0 Å². The second-order valence-electron chi connectivity index (χ2n) is 1.42. The van der Waals surface area contributed by atoms with Gasteiger partial charge in [-0.2, -0.15) is 0 Å². The second kappa shape index (κ2) is 4.05. The van der Waals surface area contributed by atoms with Crippen LogP contribution in [-0.2, 0) is 13.9 Å². The number of phosphoric acid groups is 1. The molecule has 5 nitrogen and oxygen atoms in total. The predicted octanol–water partition coefficient (Wildman–Crippen LogP) is -0.0980. The molecule has 60 valence electrons. The van der Waals surface area contributed by atoms with Crippen molar-refractivity contribution in [3.05, 3.63) is 0 Å². The van der Waals surface area contributed by atoms with Crippen molar-refractivity contribution >= 4 is 25.7 Å². The van der Waals surface area contributed by atoms with Crippen LogP contribution in [0.3, 0.4) is 0 Å². The minimum atomic E-state index is -4.57. The summed E-state index contributed by atoms with van der Waals surface area (Å²) in [5.41, 5.74) is 0. The standard InChI is InChI=1S/C3H6ClO5P/c4-1-3(2-5)9-10(6,7)8/h2-3H,1H2,(H2,6,7,8). The van der Waals surface area contributed by atoms with Crippen LogP contribution in [0.25, 0.3) is 0 Å². The van der Waals surface area contributed by atoms with Gasteiger partial charge in [0.25, 0.3) is 0 Å². The SMILES string of the molecule is O=CC(CCl)OP(=O)(O)O. The number of hydrogen-bond acceptors (Lipinski definition) is 3. The molecule has 0 bridgehead atoms. The Morgan fingerprint density at radius 3 is 2.30 bits per heavy atom. The molecule has 0 aromatic carbocycles. The molecule has 0 heterocycles. The molecule has 0 spiro atoms. The molecule has 2 N–H and O–H groups in total. The van der Waals surface area contributed by atoms with E-state index in [-0.39, 0.29) is 12.2 Å². The number of rotatable bonds is 4. The normalized spacial score (nSPS) is 14.7. The van der Waals surface area contributed by atoms with Gasteiger partial charge in [0, 0.05) is 0 Å². The van der Waals surface area contributed by atoms with Gasteiger partial charge in [-0.15, -0.1) is 11.6 Å². The van der Waals surface area contributed by atoms with E-state index in [9.17, 15) is 9.36 Å². The number of hydrogen-bond donors (Lipinski definition) is 2. The molecule has 0 aliphatic carbocycles. The fourth-order valence-electron chi connectivity index (χ4n) is 0.266. The predicted molar refractivity (Wildman–Crippen MR) is 33.7 cm³/mol. The average molecular weight is 189 g/mol. The van der Waals surface area contributed by atoms with Gasteiger partial charge in [0.15, 0.2) is 6.29 Å². The van der Waals surface area contributed by atoms with E-state index in [4.69, 9.17) is 21.4 Å². The van der Waals surface area contributed by atoms with Crippen molar-refractivity contribution < 1.29 is 23.7 Å². The number of carbonyl (C=O) groups is 1. The summed E-state index contributed by atoms with van der Waals surface area (Å²) < 4.78 is 13.9. The molecule has 0 saturated carbocycles. The van der Waals surface area contributed by atoms with Gasteiger partial charge in [0.05, 0.1) is 5.88 Å². The van der Waals surface area contributed by atoms with Crippen molar-refractivity contribution in [2.75, 3.05) is 5.88 Å². The van der Waals surface area contributed by atoms with E-state index >= 15 is 0 Å². The average Bonchev–Trinajstić information content (AvgIpc) is 1.81. The number of alkyl halides is 1. The van der Waals surface area contributed by atoms with Crippen LogP contribution in [0.4, 0.5) is 0 Å². The molecule has 0 amide bonds. The van der Waals surface area contributed by atoms with Crippen LogP contribution in [-0.4, -0.2) is 28.1 Å². The highest BCUT2D eigenvalue weighted by molar-refractivity contribution is 7.46. The molecule has 0 saturated heterocycles. The van der Waals surface area contributed by atoms with Gasteiger partial charge < -0.3 is 14.6 Å². The van der Waals surface area contributed by atoms with Crippen molar-refractivity contribution in [1.29, 1.82) is 0 Å². The molecule has 10 heavy (non-hydrogen) atoms. The minimum Gasteiger partial charge on any atom is -0.303 e. The van der Waals surface area contributed by atoms with E-state index in [1.807, 2.05) is 0 Å². The Bertz CT molecular complexity index is 153. The van der Waals surface area contributed by atoms with Crippen LogP contribution in [0.1, 0.15) is 0 Å². The Balaban J connectivity index is 3.86. The maximum absolute atomic E-state index is 10.0. The first-order chi connectivity index (χ1) is 4.49. The topological polar surface area (TPSA) is 83.8 Å². The highest BCUT2D eigenvalue weighted by Gasteiger charge is 2.20. The minimum absolute atomic E-state index is 0.228. The quantitative estimate of drug-likeness (QED) is 0.366. The fourth-order valence-corrected chi connectivity index (χ4v) is 0.966. The zero-order valence-electron chi connectivity index (χ0n) is 4.81. The third-order valence-electron chi connectivity index (χ3n) is 0.577.